The second kappa shape index (κ2) is 9.42. The maximum atomic E-state index is 13.4. The highest BCUT2D eigenvalue weighted by Gasteiger charge is 2.07. The average Bonchev–Trinajstić information content (AvgIpc) is 2.57. The molecule has 4 nitrogen and oxygen atoms in total. The van der Waals surface area contributed by atoms with Crippen LogP contribution in [0, 0.1) is 5.82 Å². The molecule has 0 aliphatic heterocycles. The van der Waals surface area contributed by atoms with Gasteiger partial charge in [-0.1, -0.05) is 19.4 Å². The molecule has 0 N–H and O–H groups in total. The highest BCUT2D eigenvalue weighted by Crippen LogP contribution is 2.28. The molecule has 0 unspecified atom stereocenters. The lowest BCUT2D eigenvalue weighted by Gasteiger charge is -2.06. The van der Waals surface area contributed by atoms with Crippen LogP contribution in [0.3, 0.4) is 0 Å². The third-order valence-corrected chi connectivity index (χ3v) is 4.69. The van der Waals surface area contributed by atoms with Gasteiger partial charge >= 0.3 is 11.6 Å². The molecule has 2 rings (SSSR count). The SMILES string of the molecule is C=C(C)C(=O)OCCCCCCSc1cc(=O)oc2ccc(F)cc12. The summed E-state index contributed by atoms with van der Waals surface area (Å²) in [7, 11) is 0. The number of unbranched alkanes of at least 4 members (excludes halogenated alkanes) is 3. The fourth-order valence-corrected chi connectivity index (χ4v) is 3.32. The molecule has 25 heavy (non-hydrogen) atoms. The van der Waals surface area contributed by atoms with E-state index in [0.29, 0.717) is 23.1 Å². The minimum Gasteiger partial charge on any atom is -0.462 e. The summed E-state index contributed by atoms with van der Waals surface area (Å²) < 4.78 is 23.5. The number of hydrogen-bond acceptors (Lipinski definition) is 5. The quantitative estimate of drug-likeness (QED) is 0.212. The molecule has 0 saturated heterocycles. The predicted molar refractivity (Wildman–Crippen MR) is 97.4 cm³/mol. The van der Waals surface area contributed by atoms with Gasteiger partial charge in [0.05, 0.1) is 6.61 Å². The Morgan fingerprint density at radius 3 is 2.76 bits per heavy atom. The standard InChI is InChI=1S/C19H21FO4S/c1-13(2)19(22)23-9-5-3-4-6-10-25-17-12-18(21)24-16-8-7-14(20)11-15(16)17/h7-8,11-12H,1,3-6,9-10H2,2H3. The Morgan fingerprint density at radius 1 is 1.24 bits per heavy atom. The lowest BCUT2D eigenvalue weighted by Crippen LogP contribution is -2.06. The van der Waals surface area contributed by atoms with Crippen molar-refractivity contribution in [2.24, 2.45) is 0 Å². The molecule has 0 atom stereocenters. The first kappa shape index (κ1) is 19.2. The van der Waals surface area contributed by atoms with Gasteiger partial charge in [-0.15, -0.1) is 11.8 Å². The van der Waals surface area contributed by atoms with Gasteiger partial charge in [0.2, 0.25) is 0 Å². The molecule has 0 spiro atoms. The van der Waals surface area contributed by atoms with Crippen LogP contribution in [0.5, 0.6) is 0 Å². The van der Waals surface area contributed by atoms with E-state index in [0.717, 1.165) is 36.3 Å². The maximum Gasteiger partial charge on any atom is 0.337 e. The van der Waals surface area contributed by atoms with Crippen LogP contribution in [-0.2, 0) is 9.53 Å². The molecule has 1 aromatic carbocycles. The van der Waals surface area contributed by atoms with E-state index >= 15 is 0 Å². The third-order valence-electron chi connectivity index (χ3n) is 3.54. The smallest absolute Gasteiger partial charge is 0.337 e. The Kier molecular flexibility index (Phi) is 7.25. The number of hydrogen-bond donors (Lipinski definition) is 0. The van der Waals surface area contributed by atoms with Gasteiger partial charge in [0.25, 0.3) is 0 Å². The van der Waals surface area contributed by atoms with E-state index in [4.69, 9.17) is 9.15 Å². The van der Waals surface area contributed by atoms with Crippen molar-refractivity contribution >= 4 is 28.7 Å². The number of thioether (sulfide) groups is 1. The van der Waals surface area contributed by atoms with Crippen molar-refractivity contribution in [1.82, 2.24) is 0 Å². The normalized spacial score (nSPS) is 10.8. The van der Waals surface area contributed by atoms with E-state index in [1.54, 1.807) is 6.92 Å². The largest absolute Gasteiger partial charge is 0.462 e. The molecule has 0 saturated carbocycles. The number of rotatable bonds is 9. The Morgan fingerprint density at radius 2 is 2.00 bits per heavy atom. The van der Waals surface area contributed by atoms with Crippen LogP contribution in [0.4, 0.5) is 4.39 Å². The van der Waals surface area contributed by atoms with Crippen molar-refractivity contribution in [1.29, 1.82) is 0 Å². The molecule has 1 aromatic heterocycles. The van der Waals surface area contributed by atoms with Crippen molar-refractivity contribution in [3.05, 3.63) is 52.7 Å². The first-order valence-electron chi connectivity index (χ1n) is 8.16. The second-order valence-corrected chi connectivity index (χ2v) is 6.89. The molecule has 0 amide bonds. The van der Waals surface area contributed by atoms with Crippen LogP contribution >= 0.6 is 11.8 Å². The molecular formula is C19H21FO4S. The fraction of sp³-hybridized carbons (Fsp3) is 0.368. The van der Waals surface area contributed by atoms with Gasteiger partial charge in [0, 0.05) is 21.9 Å². The summed E-state index contributed by atoms with van der Waals surface area (Å²) in [6.45, 7) is 5.56. The van der Waals surface area contributed by atoms with Crippen LogP contribution in [0.2, 0.25) is 0 Å². The van der Waals surface area contributed by atoms with E-state index in [1.807, 2.05) is 0 Å². The van der Waals surface area contributed by atoms with Crippen molar-refractivity contribution < 1.29 is 18.3 Å². The van der Waals surface area contributed by atoms with Crippen molar-refractivity contribution in [3.63, 3.8) is 0 Å². The topological polar surface area (TPSA) is 56.5 Å². The molecule has 0 aliphatic carbocycles. The number of esters is 1. The third kappa shape index (κ3) is 6.05. The number of carbonyl (C=O) groups excluding carboxylic acids is 1. The van der Waals surface area contributed by atoms with Crippen molar-refractivity contribution in [2.45, 2.75) is 37.5 Å². The average molecular weight is 364 g/mol. The maximum absolute atomic E-state index is 13.4. The number of benzene rings is 1. The van der Waals surface area contributed by atoms with Gasteiger partial charge in [-0.05, 0) is 43.7 Å². The summed E-state index contributed by atoms with van der Waals surface area (Å²) in [5.74, 6) is 0.116. The zero-order chi connectivity index (χ0) is 18.2. The minimum atomic E-state index is -0.430. The highest BCUT2D eigenvalue weighted by atomic mass is 32.2. The van der Waals surface area contributed by atoms with Gasteiger partial charge in [-0.2, -0.15) is 0 Å². The van der Waals surface area contributed by atoms with Crippen LogP contribution < -0.4 is 5.63 Å². The Labute approximate surface area is 150 Å². The number of halogens is 1. The van der Waals surface area contributed by atoms with E-state index < -0.39 is 5.63 Å². The Balaban J connectivity index is 1.74. The van der Waals surface area contributed by atoms with Crippen LogP contribution in [0.1, 0.15) is 32.6 Å². The summed E-state index contributed by atoms with van der Waals surface area (Å²) >= 11 is 1.52. The highest BCUT2D eigenvalue weighted by molar-refractivity contribution is 7.99. The summed E-state index contributed by atoms with van der Waals surface area (Å²) in [4.78, 5) is 23.5. The summed E-state index contributed by atoms with van der Waals surface area (Å²) in [5, 5.41) is 0.622. The van der Waals surface area contributed by atoms with E-state index in [1.165, 1.54) is 36.0 Å². The number of carbonyl (C=O) groups is 1. The van der Waals surface area contributed by atoms with Gasteiger partial charge in [0.1, 0.15) is 11.4 Å². The van der Waals surface area contributed by atoms with Gasteiger partial charge in [0.15, 0.2) is 0 Å². The van der Waals surface area contributed by atoms with Crippen molar-refractivity contribution in [3.8, 4) is 0 Å². The summed E-state index contributed by atoms with van der Waals surface area (Å²) in [6, 6.07) is 5.54. The fourth-order valence-electron chi connectivity index (χ4n) is 2.25. The van der Waals surface area contributed by atoms with Crippen LogP contribution in [0.25, 0.3) is 11.0 Å². The van der Waals surface area contributed by atoms with Gasteiger partial charge in [-0.25, -0.2) is 14.0 Å². The van der Waals surface area contributed by atoms with E-state index in [9.17, 15) is 14.0 Å². The first-order valence-corrected chi connectivity index (χ1v) is 9.15. The van der Waals surface area contributed by atoms with E-state index in [2.05, 4.69) is 6.58 Å². The Hall–Kier alpha value is -2.08. The molecule has 0 bridgehead atoms. The van der Waals surface area contributed by atoms with Crippen molar-refractivity contribution in [2.75, 3.05) is 12.4 Å². The number of fused-ring (bicyclic) bond motifs is 1. The molecule has 1 heterocycles. The predicted octanol–water partition coefficient (Wildman–Crippen LogP) is 4.70. The van der Waals surface area contributed by atoms with Gasteiger partial charge < -0.3 is 9.15 Å². The lowest BCUT2D eigenvalue weighted by atomic mass is 10.2. The molecule has 6 heteroatoms. The zero-order valence-electron chi connectivity index (χ0n) is 14.2. The molecule has 0 fully saturated rings. The minimum absolute atomic E-state index is 0.349. The lowest BCUT2D eigenvalue weighted by molar-refractivity contribution is -0.139. The summed E-state index contributed by atoms with van der Waals surface area (Å²) in [6.07, 6.45) is 3.71. The first-order chi connectivity index (χ1) is 12.0. The monoisotopic (exact) mass is 364 g/mol. The molecular weight excluding hydrogens is 343 g/mol. The summed E-state index contributed by atoms with van der Waals surface area (Å²) in [5.41, 5.74) is 0.379. The zero-order valence-corrected chi connectivity index (χ0v) is 15.0. The van der Waals surface area contributed by atoms with Crippen LogP contribution in [0.15, 0.2) is 50.5 Å². The second-order valence-electron chi connectivity index (χ2n) is 5.75. The van der Waals surface area contributed by atoms with Crippen LogP contribution in [-0.4, -0.2) is 18.3 Å². The number of ether oxygens (including phenoxy) is 1. The molecule has 134 valence electrons. The van der Waals surface area contributed by atoms with E-state index in [-0.39, 0.29) is 11.8 Å². The van der Waals surface area contributed by atoms with Gasteiger partial charge in [-0.3, -0.25) is 0 Å². The molecule has 0 aliphatic rings. The molecule has 2 aromatic rings. The molecule has 0 radical (unpaired) electrons. The Bertz CT molecular complexity index is 813.